The molecule has 8 nitrogen and oxygen atoms in total. The Bertz CT molecular complexity index is 1200. The van der Waals surface area contributed by atoms with Gasteiger partial charge in [-0.15, -0.1) is 5.10 Å². The van der Waals surface area contributed by atoms with Gasteiger partial charge in [0.1, 0.15) is 0 Å². The number of pyridine rings is 1. The summed E-state index contributed by atoms with van der Waals surface area (Å²) in [7, 11) is 0. The molecule has 5 rings (SSSR count). The average Bonchev–Trinajstić information content (AvgIpc) is 3.25. The number of nitrogens with one attached hydrogen (secondary N) is 1. The third kappa shape index (κ3) is 4.24. The molecule has 8 heteroatoms. The van der Waals surface area contributed by atoms with Crippen LogP contribution in [0.2, 0.25) is 0 Å². The molecule has 0 amide bonds. The van der Waals surface area contributed by atoms with Gasteiger partial charge < -0.3 is 9.64 Å². The minimum atomic E-state index is 0.649. The number of hydrogen-bond donors (Lipinski definition) is 1. The summed E-state index contributed by atoms with van der Waals surface area (Å²) >= 11 is 0. The van der Waals surface area contributed by atoms with E-state index in [1.165, 1.54) is 5.56 Å². The topological polar surface area (TPSA) is 79.9 Å². The Kier molecular flexibility index (Phi) is 5.28. The second-order valence-electron chi connectivity index (χ2n) is 7.43. The summed E-state index contributed by atoms with van der Waals surface area (Å²) in [5.41, 5.74) is 8.98. The van der Waals surface area contributed by atoms with Crippen molar-refractivity contribution in [2.45, 2.75) is 6.92 Å². The second kappa shape index (κ2) is 8.53. The Morgan fingerprint density at radius 2 is 1.84 bits per heavy atom. The number of rotatable bonds is 5. The molecule has 3 aromatic heterocycles. The van der Waals surface area contributed by atoms with Crippen LogP contribution in [-0.2, 0) is 4.74 Å². The van der Waals surface area contributed by atoms with E-state index in [-0.39, 0.29) is 0 Å². The van der Waals surface area contributed by atoms with E-state index in [4.69, 9.17) is 9.72 Å². The molecule has 1 aromatic carbocycles. The molecule has 0 spiro atoms. The molecule has 1 saturated heterocycles. The van der Waals surface area contributed by atoms with Crippen molar-refractivity contribution in [1.29, 1.82) is 0 Å². The van der Waals surface area contributed by atoms with Crippen LogP contribution in [0.3, 0.4) is 0 Å². The van der Waals surface area contributed by atoms with E-state index in [0.29, 0.717) is 19.0 Å². The molecule has 0 saturated carbocycles. The van der Waals surface area contributed by atoms with Gasteiger partial charge in [-0.3, -0.25) is 10.4 Å². The van der Waals surface area contributed by atoms with Crippen LogP contribution in [0.1, 0.15) is 11.1 Å². The lowest BCUT2D eigenvalue weighted by Gasteiger charge is -2.29. The van der Waals surface area contributed by atoms with Crippen molar-refractivity contribution in [3.8, 4) is 11.3 Å². The Morgan fingerprint density at radius 1 is 1.06 bits per heavy atom. The monoisotopic (exact) mass is 413 g/mol. The molecule has 0 bridgehead atoms. The molecule has 156 valence electrons. The van der Waals surface area contributed by atoms with Crippen molar-refractivity contribution in [2.75, 3.05) is 36.6 Å². The van der Waals surface area contributed by atoms with Gasteiger partial charge >= 0.3 is 0 Å². The van der Waals surface area contributed by atoms with Crippen LogP contribution in [0.4, 0.5) is 11.5 Å². The SMILES string of the molecule is Cc1ccc(C=NNc2cc(N3CCOCC3)c3nc(-c4ccncc4)cn3n2)cc1. The van der Waals surface area contributed by atoms with Gasteiger partial charge in [0.05, 0.1) is 37.0 Å². The summed E-state index contributed by atoms with van der Waals surface area (Å²) in [5.74, 6) is 0.649. The zero-order valence-corrected chi connectivity index (χ0v) is 17.3. The third-order valence-corrected chi connectivity index (χ3v) is 5.20. The minimum absolute atomic E-state index is 0.649. The van der Waals surface area contributed by atoms with Crippen molar-refractivity contribution in [2.24, 2.45) is 5.10 Å². The fourth-order valence-corrected chi connectivity index (χ4v) is 3.54. The average molecular weight is 413 g/mol. The number of aromatic nitrogens is 4. The van der Waals surface area contributed by atoms with Crippen LogP contribution in [0.25, 0.3) is 16.9 Å². The van der Waals surface area contributed by atoms with Crippen molar-refractivity contribution < 1.29 is 4.74 Å². The van der Waals surface area contributed by atoms with Crippen molar-refractivity contribution in [3.63, 3.8) is 0 Å². The van der Waals surface area contributed by atoms with Crippen molar-refractivity contribution in [3.05, 3.63) is 72.2 Å². The van der Waals surface area contributed by atoms with E-state index in [9.17, 15) is 0 Å². The van der Waals surface area contributed by atoms with Crippen LogP contribution in [-0.4, -0.2) is 52.1 Å². The molecule has 0 unspecified atom stereocenters. The summed E-state index contributed by atoms with van der Waals surface area (Å²) in [6.07, 6.45) is 7.25. The van der Waals surface area contributed by atoms with E-state index >= 15 is 0 Å². The van der Waals surface area contributed by atoms with Crippen LogP contribution in [0.5, 0.6) is 0 Å². The number of nitrogens with zero attached hydrogens (tertiary/aromatic N) is 6. The summed E-state index contributed by atoms with van der Waals surface area (Å²) in [4.78, 5) is 11.2. The molecule has 1 aliphatic heterocycles. The smallest absolute Gasteiger partial charge is 0.177 e. The fourth-order valence-electron chi connectivity index (χ4n) is 3.54. The zero-order chi connectivity index (χ0) is 21.0. The fraction of sp³-hybridized carbons (Fsp3) is 0.217. The van der Waals surface area contributed by atoms with Crippen LogP contribution >= 0.6 is 0 Å². The first-order chi connectivity index (χ1) is 15.3. The van der Waals surface area contributed by atoms with Gasteiger partial charge in [-0.05, 0) is 24.6 Å². The Balaban J connectivity index is 1.49. The first-order valence-corrected chi connectivity index (χ1v) is 10.3. The first kappa shape index (κ1) is 19.2. The highest BCUT2D eigenvalue weighted by molar-refractivity contribution is 5.80. The molecule has 1 N–H and O–H groups in total. The highest BCUT2D eigenvalue weighted by atomic mass is 16.5. The number of imidazole rings is 1. The number of morpholine rings is 1. The highest BCUT2D eigenvalue weighted by Crippen LogP contribution is 2.27. The number of hydrogen-bond acceptors (Lipinski definition) is 7. The lowest BCUT2D eigenvalue weighted by Crippen LogP contribution is -2.36. The molecule has 4 heterocycles. The molecule has 31 heavy (non-hydrogen) atoms. The Hall–Kier alpha value is -3.78. The van der Waals surface area contributed by atoms with Crippen molar-refractivity contribution in [1.82, 2.24) is 19.6 Å². The largest absolute Gasteiger partial charge is 0.378 e. The lowest BCUT2D eigenvalue weighted by molar-refractivity contribution is 0.123. The summed E-state index contributed by atoms with van der Waals surface area (Å²) in [6, 6.07) is 14.1. The lowest BCUT2D eigenvalue weighted by atomic mass is 10.2. The van der Waals surface area contributed by atoms with Gasteiger partial charge in [-0.1, -0.05) is 29.8 Å². The second-order valence-corrected chi connectivity index (χ2v) is 7.43. The van der Waals surface area contributed by atoms with E-state index in [1.54, 1.807) is 18.6 Å². The number of aryl methyl sites for hydroxylation is 1. The number of anilines is 2. The van der Waals surface area contributed by atoms with Gasteiger partial charge in [0.25, 0.3) is 0 Å². The predicted molar refractivity (Wildman–Crippen MR) is 122 cm³/mol. The van der Waals surface area contributed by atoms with Gasteiger partial charge in [0.2, 0.25) is 0 Å². The maximum Gasteiger partial charge on any atom is 0.177 e. The summed E-state index contributed by atoms with van der Waals surface area (Å²) in [6.45, 7) is 5.07. The summed E-state index contributed by atoms with van der Waals surface area (Å²) in [5, 5.41) is 9.05. The maximum absolute atomic E-state index is 5.53. The molecule has 0 atom stereocenters. The molecule has 0 radical (unpaired) electrons. The van der Waals surface area contributed by atoms with Gasteiger partial charge in [0, 0.05) is 37.1 Å². The molecule has 1 fully saturated rings. The standard InChI is InChI=1S/C23H23N7O/c1-17-2-4-18(5-3-17)15-25-27-22-14-21(29-10-12-31-13-11-29)23-26-20(16-30(23)28-22)19-6-8-24-9-7-19/h2-9,14-16H,10-13H2,1H3,(H,27,28). The predicted octanol–water partition coefficient (Wildman–Crippen LogP) is 3.38. The van der Waals surface area contributed by atoms with Crippen LogP contribution in [0, 0.1) is 6.92 Å². The maximum atomic E-state index is 5.53. The molecular weight excluding hydrogens is 390 g/mol. The molecule has 4 aromatic rings. The summed E-state index contributed by atoms with van der Waals surface area (Å²) < 4.78 is 7.34. The normalized spacial score (nSPS) is 14.4. The van der Waals surface area contributed by atoms with Gasteiger partial charge in [-0.2, -0.15) is 5.10 Å². The number of hydrazone groups is 1. The van der Waals surface area contributed by atoms with Crippen molar-refractivity contribution >= 4 is 23.4 Å². The van der Waals surface area contributed by atoms with Crippen LogP contribution in [0.15, 0.2) is 66.2 Å². The zero-order valence-electron chi connectivity index (χ0n) is 17.3. The van der Waals surface area contributed by atoms with Gasteiger partial charge in [-0.25, -0.2) is 9.50 Å². The highest BCUT2D eigenvalue weighted by Gasteiger charge is 2.18. The number of ether oxygens (including phenoxy) is 1. The Morgan fingerprint density at radius 3 is 2.61 bits per heavy atom. The van der Waals surface area contributed by atoms with Crippen LogP contribution < -0.4 is 10.3 Å². The third-order valence-electron chi connectivity index (χ3n) is 5.20. The van der Waals surface area contributed by atoms with E-state index < -0.39 is 0 Å². The quantitative estimate of drug-likeness (QED) is 0.399. The van der Waals surface area contributed by atoms with E-state index in [0.717, 1.165) is 41.2 Å². The van der Waals surface area contributed by atoms with E-state index in [2.05, 4.69) is 44.6 Å². The number of benzene rings is 1. The minimum Gasteiger partial charge on any atom is -0.378 e. The van der Waals surface area contributed by atoms with E-state index in [1.807, 2.05) is 41.0 Å². The molecule has 1 aliphatic rings. The molecule has 0 aliphatic carbocycles. The Labute approximate surface area is 180 Å². The number of fused-ring (bicyclic) bond motifs is 1. The first-order valence-electron chi connectivity index (χ1n) is 10.3. The molecular formula is C23H23N7O. The van der Waals surface area contributed by atoms with Gasteiger partial charge in [0.15, 0.2) is 11.5 Å².